The predicted octanol–water partition coefficient (Wildman–Crippen LogP) is 1.11. The molecular weight excluding hydrogens is 324 g/mol. The molecule has 0 spiro atoms. The number of benzene rings is 1. The summed E-state index contributed by atoms with van der Waals surface area (Å²) in [5, 5.41) is 7.46. The van der Waals surface area contributed by atoms with Crippen molar-refractivity contribution < 1.29 is 27.2 Å². The van der Waals surface area contributed by atoms with Gasteiger partial charge in [0.05, 0.1) is 11.2 Å². The number of amides is 1. The first-order chi connectivity index (χ1) is 10.8. The van der Waals surface area contributed by atoms with Crippen LogP contribution in [0.4, 0.5) is 5.69 Å². The molecule has 0 aliphatic carbocycles. The first kappa shape index (κ1) is 16.7. The molecule has 1 amide bonds. The Labute approximate surface area is 132 Å². The molecule has 2 rings (SSSR count). The van der Waals surface area contributed by atoms with Gasteiger partial charge in [0, 0.05) is 5.69 Å². The van der Waals surface area contributed by atoms with Crippen molar-refractivity contribution in [1.29, 1.82) is 0 Å². The van der Waals surface area contributed by atoms with Gasteiger partial charge in [-0.25, -0.2) is 18.4 Å². The smallest absolute Gasteiger partial charge is 0.374 e. The maximum absolute atomic E-state index is 11.9. The Bertz CT molecular complexity index is 796. The maximum atomic E-state index is 11.9. The molecule has 23 heavy (non-hydrogen) atoms. The van der Waals surface area contributed by atoms with E-state index < -0.39 is 28.0 Å². The highest BCUT2D eigenvalue weighted by atomic mass is 32.2. The van der Waals surface area contributed by atoms with E-state index in [1.54, 1.807) is 0 Å². The van der Waals surface area contributed by atoms with Crippen molar-refractivity contribution in [3.05, 3.63) is 48.4 Å². The van der Waals surface area contributed by atoms with E-state index in [1.807, 2.05) is 0 Å². The number of carbonyl (C=O) groups excluding carboxylic acids is 2. The van der Waals surface area contributed by atoms with Gasteiger partial charge in [0.1, 0.15) is 0 Å². The zero-order valence-electron chi connectivity index (χ0n) is 12.1. The summed E-state index contributed by atoms with van der Waals surface area (Å²) in [6.45, 7) is 1.40. The Kier molecular flexibility index (Phi) is 4.82. The van der Waals surface area contributed by atoms with Crippen molar-refractivity contribution in [2.24, 2.45) is 5.14 Å². The number of nitrogens with one attached hydrogen (secondary N) is 1. The van der Waals surface area contributed by atoms with Gasteiger partial charge in [-0.3, -0.25) is 4.79 Å². The molecule has 3 N–H and O–H groups in total. The average molecular weight is 338 g/mol. The number of hydrogen-bond donors (Lipinski definition) is 2. The minimum atomic E-state index is -3.80. The molecule has 0 aliphatic heterocycles. The summed E-state index contributed by atoms with van der Waals surface area (Å²) < 4.78 is 32.1. The summed E-state index contributed by atoms with van der Waals surface area (Å²) in [6.07, 6.45) is 0.250. The highest BCUT2D eigenvalue weighted by molar-refractivity contribution is 7.89. The average Bonchev–Trinajstić information content (AvgIpc) is 3.01. The van der Waals surface area contributed by atoms with E-state index in [4.69, 9.17) is 14.3 Å². The second kappa shape index (κ2) is 6.63. The van der Waals surface area contributed by atoms with Gasteiger partial charge in [-0.1, -0.05) is 0 Å². The van der Waals surface area contributed by atoms with Gasteiger partial charge in [-0.15, -0.1) is 0 Å². The van der Waals surface area contributed by atoms with Crippen molar-refractivity contribution in [2.75, 3.05) is 5.32 Å². The highest BCUT2D eigenvalue weighted by Gasteiger charge is 2.20. The molecule has 0 bridgehead atoms. The second-order valence-corrected chi connectivity index (χ2v) is 6.14. The SMILES string of the molecule is C[C@@H](OC(=O)c1ccco1)C(=O)Nc1ccc(S(N)(=O)=O)cc1. The van der Waals surface area contributed by atoms with E-state index in [0.717, 1.165) is 0 Å². The number of hydrogen-bond acceptors (Lipinski definition) is 6. The minimum absolute atomic E-state index is 0.0119. The van der Waals surface area contributed by atoms with Crippen LogP contribution in [-0.4, -0.2) is 26.4 Å². The lowest BCUT2D eigenvalue weighted by Gasteiger charge is -2.12. The fourth-order valence-electron chi connectivity index (χ4n) is 1.64. The number of esters is 1. The van der Waals surface area contributed by atoms with E-state index in [0.29, 0.717) is 5.69 Å². The summed E-state index contributed by atoms with van der Waals surface area (Å²) in [7, 11) is -3.80. The van der Waals surface area contributed by atoms with E-state index in [-0.39, 0.29) is 10.7 Å². The van der Waals surface area contributed by atoms with Crippen LogP contribution >= 0.6 is 0 Å². The quantitative estimate of drug-likeness (QED) is 0.786. The Hall–Kier alpha value is -2.65. The van der Waals surface area contributed by atoms with Crippen molar-refractivity contribution in [1.82, 2.24) is 0 Å². The lowest BCUT2D eigenvalue weighted by molar-refractivity contribution is -0.123. The Balaban J connectivity index is 1.97. The molecule has 0 radical (unpaired) electrons. The number of furan rings is 1. The van der Waals surface area contributed by atoms with Gasteiger partial charge < -0.3 is 14.5 Å². The lowest BCUT2D eigenvalue weighted by atomic mass is 10.3. The Morgan fingerprint density at radius 1 is 1.22 bits per heavy atom. The number of nitrogens with two attached hydrogens (primary N) is 1. The molecular formula is C14H14N2O6S. The molecule has 0 unspecified atom stereocenters. The minimum Gasteiger partial charge on any atom is -0.457 e. The van der Waals surface area contributed by atoms with Gasteiger partial charge in [0.25, 0.3) is 5.91 Å². The van der Waals surface area contributed by atoms with Gasteiger partial charge in [0.2, 0.25) is 15.8 Å². The van der Waals surface area contributed by atoms with Crippen LogP contribution < -0.4 is 10.5 Å². The van der Waals surface area contributed by atoms with E-state index in [9.17, 15) is 18.0 Å². The van der Waals surface area contributed by atoms with Crippen molar-refractivity contribution >= 4 is 27.6 Å². The van der Waals surface area contributed by atoms with Crippen LogP contribution in [0.3, 0.4) is 0 Å². The van der Waals surface area contributed by atoms with Gasteiger partial charge in [-0.2, -0.15) is 0 Å². The van der Waals surface area contributed by atoms with Gasteiger partial charge in [-0.05, 0) is 43.3 Å². The Morgan fingerprint density at radius 3 is 2.39 bits per heavy atom. The third kappa shape index (κ3) is 4.41. The standard InChI is InChI=1S/C14H14N2O6S/c1-9(22-14(18)12-3-2-8-21-12)13(17)16-10-4-6-11(7-5-10)23(15,19)20/h2-9H,1H3,(H,16,17)(H2,15,19,20)/t9-/m1/s1. The number of anilines is 1. The monoisotopic (exact) mass is 338 g/mol. The fourth-order valence-corrected chi connectivity index (χ4v) is 2.15. The highest BCUT2D eigenvalue weighted by Crippen LogP contribution is 2.13. The summed E-state index contributed by atoms with van der Waals surface area (Å²) in [4.78, 5) is 23.5. The molecule has 1 aromatic carbocycles. The topological polar surface area (TPSA) is 129 Å². The fraction of sp³-hybridized carbons (Fsp3) is 0.143. The van der Waals surface area contributed by atoms with Gasteiger partial charge in [0.15, 0.2) is 6.10 Å². The van der Waals surface area contributed by atoms with E-state index in [1.165, 1.54) is 49.6 Å². The lowest BCUT2D eigenvalue weighted by Crippen LogP contribution is -2.29. The summed E-state index contributed by atoms with van der Waals surface area (Å²) in [5.74, 6) is -1.35. The molecule has 1 atom stereocenters. The van der Waals surface area contributed by atoms with Crippen LogP contribution in [0.25, 0.3) is 0 Å². The number of carbonyl (C=O) groups is 2. The molecule has 2 aromatic rings. The first-order valence-corrected chi connectivity index (χ1v) is 8.00. The van der Waals surface area contributed by atoms with Crippen LogP contribution in [0.1, 0.15) is 17.5 Å². The normalized spacial score (nSPS) is 12.4. The summed E-state index contributed by atoms with van der Waals surface area (Å²) in [6, 6.07) is 8.19. The van der Waals surface area contributed by atoms with Gasteiger partial charge >= 0.3 is 5.97 Å². The molecule has 8 nitrogen and oxygen atoms in total. The third-order valence-corrected chi connectivity index (χ3v) is 3.76. The molecule has 122 valence electrons. The van der Waals surface area contributed by atoms with E-state index in [2.05, 4.69) is 5.32 Å². The third-order valence-electron chi connectivity index (χ3n) is 2.83. The van der Waals surface area contributed by atoms with Crippen LogP contribution in [0, 0.1) is 0 Å². The molecule has 0 aliphatic rings. The van der Waals surface area contributed by atoms with Crippen molar-refractivity contribution in [3.63, 3.8) is 0 Å². The zero-order chi connectivity index (χ0) is 17.0. The number of primary sulfonamides is 1. The molecule has 0 saturated carbocycles. The summed E-state index contributed by atoms with van der Waals surface area (Å²) in [5.41, 5.74) is 0.336. The van der Waals surface area contributed by atoms with E-state index >= 15 is 0 Å². The largest absolute Gasteiger partial charge is 0.457 e. The van der Waals surface area contributed by atoms with Crippen LogP contribution in [0.15, 0.2) is 52.0 Å². The predicted molar refractivity (Wildman–Crippen MR) is 80.0 cm³/mol. The molecule has 0 fully saturated rings. The zero-order valence-corrected chi connectivity index (χ0v) is 12.9. The maximum Gasteiger partial charge on any atom is 0.374 e. The van der Waals surface area contributed by atoms with Crippen molar-refractivity contribution in [3.8, 4) is 0 Å². The van der Waals surface area contributed by atoms with Crippen LogP contribution in [0.5, 0.6) is 0 Å². The molecule has 9 heteroatoms. The Morgan fingerprint density at radius 2 is 1.87 bits per heavy atom. The number of ether oxygens (including phenoxy) is 1. The molecule has 1 aromatic heterocycles. The summed E-state index contributed by atoms with van der Waals surface area (Å²) >= 11 is 0. The second-order valence-electron chi connectivity index (χ2n) is 4.58. The number of sulfonamides is 1. The molecule has 1 heterocycles. The number of rotatable bonds is 5. The van der Waals surface area contributed by atoms with Crippen LogP contribution in [-0.2, 0) is 19.6 Å². The first-order valence-electron chi connectivity index (χ1n) is 6.45. The van der Waals surface area contributed by atoms with Crippen molar-refractivity contribution in [2.45, 2.75) is 17.9 Å². The molecule has 0 saturated heterocycles. The van der Waals surface area contributed by atoms with Crippen LogP contribution in [0.2, 0.25) is 0 Å².